The summed E-state index contributed by atoms with van der Waals surface area (Å²) < 4.78 is 5.66. The molecular weight excluding hydrogens is 210 g/mol. The van der Waals surface area contributed by atoms with Crippen LogP contribution in [-0.4, -0.2) is 25.8 Å². The molecule has 0 saturated carbocycles. The summed E-state index contributed by atoms with van der Waals surface area (Å²) in [6, 6.07) is 11.3. The summed E-state index contributed by atoms with van der Waals surface area (Å²) in [4.78, 5) is 0. The van der Waals surface area contributed by atoms with Crippen LogP contribution in [-0.2, 0) is 11.2 Å². The monoisotopic (exact) mass is 233 g/mol. The molecule has 3 atom stereocenters. The van der Waals surface area contributed by atoms with Crippen LogP contribution in [0.15, 0.2) is 30.3 Å². The summed E-state index contributed by atoms with van der Waals surface area (Å²) >= 11 is 0. The minimum atomic E-state index is 0.406. The third-order valence-electron chi connectivity index (χ3n) is 3.91. The van der Waals surface area contributed by atoms with Crippen LogP contribution in [0.2, 0.25) is 0 Å². The quantitative estimate of drug-likeness (QED) is 0.844. The first-order valence-corrected chi connectivity index (χ1v) is 6.64. The lowest BCUT2D eigenvalue weighted by Crippen LogP contribution is -2.37. The maximum absolute atomic E-state index is 5.66. The second kappa shape index (κ2) is 6.18. The van der Waals surface area contributed by atoms with Gasteiger partial charge >= 0.3 is 0 Å². The Morgan fingerprint density at radius 3 is 2.71 bits per heavy atom. The normalized spacial score (nSPS) is 26.0. The fourth-order valence-corrected chi connectivity index (χ4v) is 2.82. The first kappa shape index (κ1) is 12.6. The van der Waals surface area contributed by atoms with Crippen LogP contribution in [0.1, 0.15) is 25.3 Å². The molecule has 1 saturated heterocycles. The van der Waals surface area contributed by atoms with Gasteiger partial charge in [-0.1, -0.05) is 30.3 Å². The number of aryl methyl sites for hydroxylation is 1. The average Bonchev–Trinajstić information content (AvgIpc) is 2.78. The Kier molecular flexibility index (Phi) is 4.57. The molecule has 1 heterocycles. The van der Waals surface area contributed by atoms with E-state index in [1.165, 1.54) is 18.4 Å². The van der Waals surface area contributed by atoms with Gasteiger partial charge in [0.1, 0.15) is 0 Å². The minimum Gasteiger partial charge on any atom is -0.378 e. The molecule has 1 fully saturated rings. The summed E-state index contributed by atoms with van der Waals surface area (Å²) in [5.74, 6) is 0.670. The zero-order valence-corrected chi connectivity index (χ0v) is 10.9. The van der Waals surface area contributed by atoms with Crippen molar-refractivity contribution in [3.8, 4) is 0 Å². The molecule has 0 spiro atoms. The molecule has 0 aromatic heterocycles. The van der Waals surface area contributed by atoms with E-state index in [0.717, 1.165) is 13.0 Å². The number of hydrogen-bond donors (Lipinski definition) is 1. The topological polar surface area (TPSA) is 21.3 Å². The summed E-state index contributed by atoms with van der Waals surface area (Å²) in [6.07, 6.45) is 3.94. The van der Waals surface area contributed by atoms with Crippen molar-refractivity contribution in [2.75, 3.05) is 13.7 Å². The summed E-state index contributed by atoms with van der Waals surface area (Å²) in [5, 5.41) is 3.46. The second-order valence-corrected chi connectivity index (χ2v) is 4.95. The maximum atomic E-state index is 5.66. The molecule has 1 aromatic rings. The van der Waals surface area contributed by atoms with E-state index in [-0.39, 0.29) is 0 Å². The van der Waals surface area contributed by atoms with E-state index in [2.05, 4.69) is 49.6 Å². The van der Waals surface area contributed by atoms with E-state index in [1.54, 1.807) is 0 Å². The highest BCUT2D eigenvalue weighted by Gasteiger charge is 2.30. The van der Waals surface area contributed by atoms with Gasteiger partial charge in [-0.25, -0.2) is 0 Å². The number of hydrogen-bond acceptors (Lipinski definition) is 2. The molecule has 17 heavy (non-hydrogen) atoms. The molecule has 1 aromatic carbocycles. The highest BCUT2D eigenvalue weighted by Crippen LogP contribution is 2.26. The third kappa shape index (κ3) is 3.30. The molecule has 94 valence electrons. The van der Waals surface area contributed by atoms with Crippen LogP contribution >= 0.6 is 0 Å². The Labute approximate surface area is 104 Å². The SMILES string of the molecule is CNC(CCc1ccccc1)C1CCOC1C. The van der Waals surface area contributed by atoms with E-state index in [4.69, 9.17) is 4.74 Å². The molecule has 0 bridgehead atoms. The van der Waals surface area contributed by atoms with Gasteiger partial charge in [0, 0.05) is 18.6 Å². The first-order valence-electron chi connectivity index (χ1n) is 6.64. The molecule has 1 aliphatic rings. The highest BCUT2D eigenvalue weighted by molar-refractivity contribution is 5.14. The molecule has 0 aliphatic carbocycles. The van der Waals surface area contributed by atoms with Gasteiger partial charge in [-0.2, -0.15) is 0 Å². The van der Waals surface area contributed by atoms with E-state index in [9.17, 15) is 0 Å². The van der Waals surface area contributed by atoms with E-state index >= 15 is 0 Å². The lowest BCUT2D eigenvalue weighted by molar-refractivity contribution is 0.0953. The summed E-state index contributed by atoms with van der Waals surface area (Å²) in [6.45, 7) is 3.12. The van der Waals surface area contributed by atoms with Crippen molar-refractivity contribution in [1.82, 2.24) is 5.32 Å². The second-order valence-electron chi connectivity index (χ2n) is 4.95. The molecule has 1 aliphatic heterocycles. The number of ether oxygens (including phenoxy) is 1. The predicted molar refractivity (Wildman–Crippen MR) is 71.1 cm³/mol. The molecule has 2 heteroatoms. The molecule has 0 amide bonds. The Balaban J connectivity index is 1.87. The van der Waals surface area contributed by atoms with Gasteiger partial charge in [-0.15, -0.1) is 0 Å². The van der Waals surface area contributed by atoms with Crippen LogP contribution in [0.5, 0.6) is 0 Å². The Morgan fingerprint density at radius 1 is 1.35 bits per heavy atom. The van der Waals surface area contributed by atoms with Gasteiger partial charge in [0.15, 0.2) is 0 Å². The van der Waals surface area contributed by atoms with Crippen molar-refractivity contribution in [3.05, 3.63) is 35.9 Å². The maximum Gasteiger partial charge on any atom is 0.0590 e. The van der Waals surface area contributed by atoms with E-state index < -0.39 is 0 Å². The largest absolute Gasteiger partial charge is 0.378 e. The standard InChI is InChI=1S/C15H23NO/c1-12-14(10-11-17-12)15(16-2)9-8-13-6-4-3-5-7-13/h3-7,12,14-16H,8-11H2,1-2H3. The van der Waals surface area contributed by atoms with Crippen LogP contribution in [0.3, 0.4) is 0 Å². The number of nitrogens with one attached hydrogen (secondary N) is 1. The zero-order chi connectivity index (χ0) is 12.1. The molecule has 3 unspecified atom stereocenters. The molecule has 2 rings (SSSR count). The van der Waals surface area contributed by atoms with Gasteiger partial charge in [0.2, 0.25) is 0 Å². The fourth-order valence-electron chi connectivity index (χ4n) is 2.82. The first-order chi connectivity index (χ1) is 8.31. The van der Waals surface area contributed by atoms with Crippen molar-refractivity contribution in [3.63, 3.8) is 0 Å². The third-order valence-corrected chi connectivity index (χ3v) is 3.91. The Morgan fingerprint density at radius 2 is 2.12 bits per heavy atom. The minimum absolute atomic E-state index is 0.406. The van der Waals surface area contributed by atoms with Crippen LogP contribution in [0.4, 0.5) is 0 Å². The zero-order valence-electron chi connectivity index (χ0n) is 10.9. The molecule has 0 radical (unpaired) electrons. The number of benzene rings is 1. The number of rotatable bonds is 5. The molecule has 2 nitrogen and oxygen atoms in total. The van der Waals surface area contributed by atoms with Gasteiger partial charge in [0.25, 0.3) is 0 Å². The van der Waals surface area contributed by atoms with Crippen LogP contribution in [0.25, 0.3) is 0 Å². The van der Waals surface area contributed by atoms with E-state index in [0.29, 0.717) is 18.1 Å². The predicted octanol–water partition coefficient (Wildman–Crippen LogP) is 2.63. The average molecular weight is 233 g/mol. The lowest BCUT2D eigenvalue weighted by Gasteiger charge is -2.25. The van der Waals surface area contributed by atoms with Crippen molar-refractivity contribution in [2.24, 2.45) is 5.92 Å². The van der Waals surface area contributed by atoms with Crippen LogP contribution in [0, 0.1) is 5.92 Å². The summed E-state index contributed by atoms with van der Waals surface area (Å²) in [5.41, 5.74) is 1.43. The lowest BCUT2D eigenvalue weighted by atomic mass is 9.89. The van der Waals surface area contributed by atoms with Gasteiger partial charge in [-0.05, 0) is 38.8 Å². The highest BCUT2D eigenvalue weighted by atomic mass is 16.5. The van der Waals surface area contributed by atoms with Crippen LogP contribution < -0.4 is 5.32 Å². The van der Waals surface area contributed by atoms with Crippen molar-refractivity contribution in [1.29, 1.82) is 0 Å². The van der Waals surface area contributed by atoms with Gasteiger partial charge in [-0.3, -0.25) is 0 Å². The molecular formula is C15H23NO. The fraction of sp³-hybridized carbons (Fsp3) is 0.600. The Hall–Kier alpha value is -0.860. The van der Waals surface area contributed by atoms with Gasteiger partial charge < -0.3 is 10.1 Å². The Bertz CT molecular complexity index is 325. The molecule has 1 N–H and O–H groups in total. The van der Waals surface area contributed by atoms with Crippen molar-refractivity contribution >= 4 is 0 Å². The summed E-state index contributed by atoms with van der Waals surface area (Å²) in [7, 11) is 2.07. The smallest absolute Gasteiger partial charge is 0.0590 e. The van der Waals surface area contributed by atoms with E-state index in [1.807, 2.05) is 0 Å². The van der Waals surface area contributed by atoms with Crippen molar-refractivity contribution < 1.29 is 4.74 Å². The van der Waals surface area contributed by atoms with Gasteiger partial charge in [0.05, 0.1) is 6.10 Å². The van der Waals surface area contributed by atoms with Crippen molar-refractivity contribution in [2.45, 2.75) is 38.3 Å².